The minimum absolute atomic E-state index is 0.0597. The van der Waals surface area contributed by atoms with Gasteiger partial charge in [0.15, 0.2) is 0 Å². The zero-order valence-electron chi connectivity index (χ0n) is 6.83. The van der Waals surface area contributed by atoms with E-state index in [0.717, 1.165) is 0 Å². The zero-order valence-corrected chi connectivity index (χ0v) is 6.83. The highest BCUT2D eigenvalue weighted by Crippen LogP contribution is 2.18. The predicted molar refractivity (Wildman–Crippen MR) is 47.2 cm³/mol. The molecule has 0 saturated carbocycles. The number of ketones is 2. The molecule has 0 spiro atoms. The third kappa shape index (κ3) is 1.09. The molecule has 1 N–H and O–H groups in total. The van der Waals surface area contributed by atoms with Crippen LogP contribution in [0.15, 0.2) is 24.3 Å². The van der Waals surface area contributed by atoms with E-state index < -0.39 is 11.6 Å². The van der Waals surface area contributed by atoms with Gasteiger partial charge in [0.2, 0.25) is 11.6 Å². The Kier molecular flexibility index (Phi) is 1.59. The maximum absolute atomic E-state index is 11.3. The molecule has 0 aromatic heterocycles. The van der Waals surface area contributed by atoms with Crippen molar-refractivity contribution in [2.24, 2.45) is 0 Å². The average molecular weight is 173 g/mol. The lowest BCUT2D eigenvalue weighted by Crippen LogP contribution is -2.26. The van der Waals surface area contributed by atoms with Gasteiger partial charge in [-0.3, -0.25) is 9.59 Å². The summed E-state index contributed by atoms with van der Waals surface area (Å²) in [4.78, 5) is 22.4. The van der Waals surface area contributed by atoms with Crippen molar-refractivity contribution in [1.82, 2.24) is 0 Å². The van der Waals surface area contributed by atoms with E-state index in [0.29, 0.717) is 11.1 Å². The lowest BCUT2D eigenvalue weighted by Gasteiger charge is -2.13. The molecule has 3 heteroatoms. The summed E-state index contributed by atoms with van der Waals surface area (Å²) in [6.45, 7) is 0. The van der Waals surface area contributed by atoms with Gasteiger partial charge in [-0.1, -0.05) is 24.3 Å². The number of carbonyl (C=O) groups excluding carboxylic acids is 2. The normalized spacial score (nSPS) is 15.8. The number of hydrogen-bond acceptors (Lipinski definition) is 3. The lowest BCUT2D eigenvalue weighted by molar-refractivity contribution is -0.114. The van der Waals surface area contributed by atoms with Crippen molar-refractivity contribution in [3.05, 3.63) is 35.4 Å². The highest BCUT2D eigenvalue weighted by atomic mass is 16.2. The summed E-state index contributed by atoms with van der Waals surface area (Å²) < 4.78 is 0. The van der Waals surface area contributed by atoms with Gasteiger partial charge in [-0.15, -0.1) is 0 Å². The number of rotatable bonds is 0. The molecule has 1 aliphatic carbocycles. The van der Waals surface area contributed by atoms with Gasteiger partial charge in [0, 0.05) is 16.8 Å². The van der Waals surface area contributed by atoms with Crippen LogP contribution < -0.4 is 0 Å². The summed E-state index contributed by atoms with van der Waals surface area (Å²) in [5, 5.41) is 7.52. The van der Waals surface area contributed by atoms with Gasteiger partial charge >= 0.3 is 0 Å². The van der Waals surface area contributed by atoms with Crippen molar-refractivity contribution in [1.29, 1.82) is 5.41 Å². The maximum atomic E-state index is 11.3. The van der Waals surface area contributed by atoms with Crippen LogP contribution >= 0.6 is 0 Å². The highest BCUT2D eigenvalue weighted by Gasteiger charge is 2.27. The van der Waals surface area contributed by atoms with Gasteiger partial charge in [0.1, 0.15) is 0 Å². The van der Waals surface area contributed by atoms with E-state index in [9.17, 15) is 9.59 Å². The van der Waals surface area contributed by atoms with Crippen LogP contribution in [0.3, 0.4) is 0 Å². The highest BCUT2D eigenvalue weighted by molar-refractivity contribution is 6.50. The Morgan fingerprint density at radius 1 is 1.08 bits per heavy atom. The second kappa shape index (κ2) is 2.62. The van der Waals surface area contributed by atoms with Crippen molar-refractivity contribution in [2.75, 3.05) is 0 Å². The molecule has 64 valence electrons. The molecule has 13 heavy (non-hydrogen) atoms. The SMILES string of the molecule is N=C1CC(=O)C(=O)c2ccccc21. The van der Waals surface area contributed by atoms with Gasteiger partial charge in [0.05, 0.1) is 6.42 Å². The molecular formula is C10H7NO2. The molecule has 0 heterocycles. The molecule has 0 unspecified atom stereocenters. The molecule has 0 bridgehead atoms. The van der Waals surface area contributed by atoms with Crippen LogP contribution in [0.25, 0.3) is 0 Å². The molecule has 1 aliphatic rings. The van der Waals surface area contributed by atoms with Crippen LogP contribution in [0, 0.1) is 5.41 Å². The first-order chi connectivity index (χ1) is 6.20. The number of Topliss-reactive ketones (excluding diaryl/α,β-unsaturated/α-hetero) is 2. The largest absolute Gasteiger partial charge is 0.304 e. The van der Waals surface area contributed by atoms with E-state index in [1.807, 2.05) is 0 Å². The third-order valence-corrected chi connectivity index (χ3v) is 2.09. The summed E-state index contributed by atoms with van der Waals surface area (Å²) >= 11 is 0. The number of fused-ring (bicyclic) bond motifs is 1. The second-order valence-corrected chi connectivity index (χ2v) is 2.95. The first-order valence-corrected chi connectivity index (χ1v) is 3.94. The van der Waals surface area contributed by atoms with Gasteiger partial charge in [0.25, 0.3) is 0 Å². The van der Waals surface area contributed by atoms with Crippen molar-refractivity contribution in [3.8, 4) is 0 Å². The number of hydrogen-bond donors (Lipinski definition) is 1. The Balaban J connectivity index is 2.67. The molecule has 0 aliphatic heterocycles. The zero-order chi connectivity index (χ0) is 9.42. The predicted octanol–water partition coefficient (Wildman–Crippen LogP) is 1.21. The van der Waals surface area contributed by atoms with Crippen molar-refractivity contribution in [2.45, 2.75) is 6.42 Å². The molecule has 0 saturated heterocycles. The van der Waals surface area contributed by atoms with E-state index in [1.54, 1.807) is 24.3 Å². The summed E-state index contributed by atoms with van der Waals surface area (Å²) in [5.41, 5.74) is 1.19. The van der Waals surface area contributed by atoms with Gasteiger partial charge < -0.3 is 5.41 Å². The molecule has 0 fully saturated rings. The minimum atomic E-state index is -0.483. The number of benzene rings is 1. The smallest absolute Gasteiger partial charge is 0.229 e. The third-order valence-electron chi connectivity index (χ3n) is 2.09. The maximum Gasteiger partial charge on any atom is 0.229 e. The van der Waals surface area contributed by atoms with Gasteiger partial charge in [-0.2, -0.15) is 0 Å². The standard InChI is InChI=1S/C10H7NO2/c11-8-5-9(12)10(13)7-4-2-1-3-6(7)8/h1-4,11H,5H2. The van der Waals surface area contributed by atoms with E-state index >= 15 is 0 Å². The number of carbonyl (C=O) groups is 2. The molecule has 1 aromatic carbocycles. The first-order valence-electron chi connectivity index (χ1n) is 3.94. The molecule has 0 atom stereocenters. The fraction of sp³-hybridized carbons (Fsp3) is 0.100. The van der Waals surface area contributed by atoms with Crippen LogP contribution in [0.2, 0.25) is 0 Å². The van der Waals surface area contributed by atoms with Crippen LogP contribution in [0.1, 0.15) is 22.3 Å². The Morgan fingerprint density at radius 2 is 1.69 bits per heavy atom. The lowest BCUT2D eigenvalue weighted by atomic mass is 9.88. The van der Waals surface area contributed by atoms with Gasteiger partial charge in [-0.25, -0.2) is 0 Å². The Labute approximate surface area is 74.9 Å². The van der Waals surface area contributed by atoms with Crippen molar-refractivity contribution in [3.63, 3.8) is 0 Å². The van der Waals surface area contributed by atoms with Crippen LogP contribution in [-0.2, 0) is 4.79 Å². The summed E-state index contributed by atoms with van der Waals surface area (Å²) in [6.07, 6.45) is -0.0597. The Morgan fingerprint density at radius 3 is 2.38 bits per heavy atom. The van der Waals surface area contributed by atoms with Gasteiger partial charge in [-0.05, 0) is 0 Å². The van der Waals surface area contributed by atoms with Crippen molar-refractivity contribution < 1.29 is 9.59 Å². The molecule has 1 aromatic rings. The molecule has 2 rings (SSSR count). The summed E-state index contributed by atoms with van der Waals surface area (Å²) in [7, 11) is 0. The summed E-state index contributed by atoms with van der Waals surface area (Å²) in [5.74, 6) is -0.949. The topological polar surface area (TPSA) is 58.0 Å². The van der Waals surface area contributed by atoms with Crippen LogP contribution in [-0.4, -0.2) is 17.3 Å². The van der Waals surface area contributed by atoms with Crippen LogP contribution in [0.5, 0.6) is 0 Å². The quantitative estimate of drug-likeness (QED) is 0.599. The fourth-order valence-corrected chi connectivity index (χ4v) is 1.43. The molecule has 0 radical (unpaired) electrons. The van der Waals surface area contributed by atoms with E-state index in [-0.39, 0.29) is 12.1 Å². The van der Waals surface area contributed by atoms with E-state index in [1.165, 1.54) is 0 Å². The fourth-order valence-electron chi connectivity index (χ4n) is 1.43. The van der Waals surface area contributed by atoms with Crippen molar-refractivity contribution >= 4 is 17.3 Å². The number of nitrogens with one attached hydrogen (secondary N) is 1. The Hall–Kier alpha value is -1.77. The first kappa shape index (κ1) is 7.86. The molecule has 3 nitrogen and oxygen atoms in total. The summed E-state index contributed by atoms with van der Waals surface area (Å²) in [6, 6.07) is 6.74. The van der Waals surface area contributed by atoms with Crippen LogP contribution in [0.4, 0.5) is 0 Å². The van der Waals surface area contributed by atoms with E-state index in [2.05, 4.69) is 0 Å². The average Bonchev–Trinajstić information content (AvgIpc) is 2.15. The molecular weight excluding hydrogens is 166 g/mol. The molecule has 0 amide bonds. The monoisotopic (exact) mass is 173 g/mol. The Bertz CT molecular complexity index is 421. The second-order valence-electron chi connectivity index (χ2n) is 2.95. The minimum Gasteiger partial charge on any atom is -0.304 e. The van der Waals surface area contributed by atoms with E-state index in [4.69, 9.17) is 5.41 Å².